The number of nitrogens with one attached hydrogen (secondary N) is 2. The lowest BCUT2D eigenvalue weighted by molar-refractivity contribution is -0.0617. The number of piperidine rings is 4. The van der Waals surface area contributed by atoms with Gasteiger partial charge in [-0.3, -0.25) is 19.6 Å². The molecule has 16 nitrogen and oxygen atoms in total. The molecule has 4 aliphatic rings. The van der Waals surface area contributed by atoms with Crippen LogP contribution in [-0.2, 0) is 0 Å². The van der Waals surface area contributed by atoms with Gasteiger partial charge in [-0.05, 0) is 152 Å². The van der Waals surface area contributed by atoms with Crippen molar-refractivity contribution in [2.24, 2.45) is 0 Å². The Labute approximate surface area is 411 Å². The first-order valence-electron chi connectivity index (χ1n) is 25.8. The minimum atomic E-state index is -0.0390. The Morgan fingerprint density at radius 1 is 0.338 bits per heavy atom. The van der Waals surface area contributed by atoms with Crippen molar-refractivity contribution in [1.82, 2.24) is 49.5 Å². The summed E-state index contributed by atoms with van der Waals surface area (Å²) in [6.45, 7) is 37.9. The van der Waals surface area contributed by atoms with Crippen LogP contribution in [0.4, 0.5) is 11.9 Å². The predicted octanol–water partition coefficient (Wildman–Crippen LogP) is 9.26. The van der Waals surface area contributed by atoms with Crippen LogP contribution in [0.3, 0.4) is 0 Å². The lowest BCUT2D eigenvalue weighted by atomic mass is 9.79. The molecule has 2 N–H and O–H groups in total. The van der Waals surface area contributed by atoms with Gasteiger partial charge < -0.3 is 29.6 Å². The summed E-state index contributed by atoms with van der Waals surface area (Å²) in [7, 11) is 8.82. The Bertz CT molecular complexity index is 1680. The zero-order valence-electron chi connectivity index (χ0n) is 46.3. The minimum Gasteiger partial charge on any atom is -0.460 e. The van der Waals surface area contributed by atoms with E-state index in [2.05, 4.69) is 169 Å². The summed E-state index contributed by atoms with van der Waals surface area (Å²) in [5.41, 5.74) is -0.303. The van der Waals surface area contributed by atoms with Gasteiger partial charge in [-0.1, -0.05) is 12.8 Å². The Balaban J connectivity index is 1.07. The monoisotopic (exact) mass is 951 g/mol. The number of anilines is 2. The topological polar surface area (TPSA) is 151 Å². The molecule has 0 bridgehead atoms. The third kappa shape index (κ3) is 12.9. The average Bonchev–Trinajstić information content (AvgIpc) is 3.17. The van der Waals surface area contributed by atoms with Gasteiger partial charge in [-0.15, -0.1) is 9.97 Å². The second-order valence-electron chi connectivity index (χ2n) is 26.0. The third-order valence-corrected chi connectivity index (χ3v) is 17.0. The smallest absolute Gasteiger partial charge is 0.324 e. The lowest BCUT2D eigenvalue weighted by Crippen LogP contribution is -2.60. The van der Waals surface area contributed by atoms with E-state index >= 15 is 0 Å². The Hall–Kier alpha value is -3.34. The normalized spacial score (nSPS) is 25.4. The van der Waals surface area contributed by atoms with E-state index in [-0.39, 0.29) is 68.7 Å². The molecular weight excluding hydrogens is 857 g/mol. The molecule has 4 saturated heterocycles. The molecule has 0 spiro atoms. The number of rotatable bonds is 17. The number of unbranched alkanes of at least 4 members (excludes halogenated alkanes) is 3. The average molecular weight is 951 g/mol. The molecule has 68 heavy (non-hydrogen) atoms. The first-order chi connectivity index (χ1) is 31.2. The van der Waals surface area contributed by atoms with Crippen LogP contribution in [0.15, 0.2) is 0 Å². The number of aromatic nitrogens is 6. The van der Waals surface area contributed by atoms with Crippen molar-refractivity contribution >= 4 is 11.9 Å². The molecule has 0 amide bonds. The second kappa shape index (κ2) is 19.7. The van der Waals surface area contributed by atoms with E-state index in [0.29, 0.717) is 49.0 Å². The van der Waals surface area contributed by atoms with Crippen molar-refractivity contribution in [3.63, 3.8) is 0 Å². The molecule has 2 aromatic heterocycles. The maximum atomic E-state index is 6.63. The van der Waals surface area contributed by atoms with Gasteiger partial charge in [-0.25, -0.2) is 0 Å². The van der Waals surface area contributed by atoms with E-state index in [0.717, 1.165) is 77.0 Å². The van der Waals surface area contributed by atoms with Gasteiger partial charge in [0.25, 0.3) is 0 Å². The molecule has 4 fully saturated rings. The molecule has 0 aromatic carbocycles. The first-order valence-corrected chi connectivity index (χ1v) is 25.8. The fourth-order valence-corrected chi connectivity index (χ4v) is 12.1. The van der Waals surface area contributed by atoms with E-state index in [1.54, 1.807) is 0 Å². The highest BCUT2D eigenvalue weighted by Crippen LogP contribution is 2.42. The summed E-state index contributed by atoms with van der Waals surface area (Å²) in [5, 5.41) is 6.97. The summed E-state index contributed by atoms with van der Waals surface area (Å²) < 4.78 is 26.5. The van der Waals surface area contributed by atoms with Crippen LogP contribution in [0.25, 0.3) is 0 Å². The van der Waals surface area contributed by atoms with Gasteiger partial charge >= 0.3 is 24.0 Å². The molecule has 2 aromatic rings. The van der Waals surface area contributed by atoms with Gasteiger partial charge in [0.05, 0.1) is 0 Å². The van der Waals surface area contributed by atoms with Gasteiger partial charge in [0.15, 0.2) is 0 Å². The molecule has 0 unspecified atom stereocenters. The van der Waals surface area contributed by atoms with E-state index in [4.69, 9.17) is 48.9 Å². The fraction of sp³-hybridized carbons (Fsp3) is 0.885. The molecular formula is C52H94N12O4. The van der Waals surface area contributed by atoms with E-state index in [1.807, 2.05) is 0 Å². The Morgan fingerprint density at radius 3 is 0.721 bits per heavy atom. The van der Waals surface area contributed by atoms with Crippen LogP contribution in [0, 0.1) is 0 Å². The summed E-state index contributed by atoms with van der Waals surface area (Å²) in [6, 6.07) is 1.26. The van der Waals surface area contributed by atoms with E-state index in [9.17, 15) is 0 Å². The number of nitrogens with zero attached hydrogens (tertiary/aromatic N) is 10. The van der Waals surface area contributed by atoms with Crippen molar-refractivity contribution in [2.45, 2.75) is 257 Å². The highest BCUT2D eigenvalue weighted by atomic mass is 16.5. The maximum absolute atomic E-state index is 6.63. The van der Waals surface area contributed by atoms with Crippen molar-refractivity contribution < 1.29 is 18.9 Å². The zero-order valence-corrected chi connectivity index (χ0v) is 46.3. The minimum absolute atomic E-state index is 0.0378. The van der Waals surface area contributed by atoms with Crippen LogP contribution in [0.1, 0.15) is 188 Å². The van der Waals surface area contributed by atoms with Gasteiger partial charge in [0.1, 0.15) is 24.4 Å². The van der Waals surface area contributed by atoms with Crippen molar-refractivity contribution in [3.8, 4) is 24.0 Å². The van der Waals surface area contributed by atoms with E-state index in [1.165, 1.54) is 0 Å². The van der Waals surface area contributed by atoms with Gasteiger partial charge in [0, 0.05) is 109 Å². The van der Waals surface area contributed by atoms with Crippen molar-refractivity contribution in [1.29, 1.82) is 0 Å². The highest BCUT2D eigenvalue weighted by Gasteiger charge is 2.48. The SMILES string of the molecule is CN1C(C)(C)CC(Oc2nc(NCCCCCCNc3nc(OC4CC(C)(C)N(C)C(C)(C)C4)nc(OC4CC(C)(C)N(C)C(C)(C)C4)n3)nc(OC3CC(C)(C)N(C)C(C)(C)C3)n2)CC1(C)C. The molecule has 386 valence electrons. The second-order valence-corrected chi connectivity index (χ2v) is 26.0. The first kappa shape index (κ1) is 54.0. The molecule has 16 heteroatoms. The molecule has 0 saturated carbocycles. The molecule has 6 heterocycles. The summed E-state index contributed by atoms with van der Waals surface area (Å²) >= 11 is 0. The highest BCUT2D eigenvalue weighted by molar-refractivity contribution is 5.29. The molecule has 0 aliphatic carbocycles. The maximum Gasteiger partial charge on any atom is 0.324 e. The number of likely N-dealkylation sites (tertiary alicyclic amines) is 4. The number of hydrogen-bond acceptors (Lipinski definition) is 16. The molecule has 0 radical (unpaired) electrons. The van der Waals surface area contributed by atoms with Crippen LogP contribution >= 0.6 is 0 Å². The van der Waals surface area contributed by atoms with Crippen molar-refractivity contribution in [2.75, 3.05) is 51.9 Å². The Kier molecular flexibility index (Phi) is 15.6. The van der Waals surface area contributed by atoms with Gasteiger partial charge in [-0.2, -0.15) is 19.9 Å². The van der Waals surface area contributed by atoms with Crippen LogP contribution in [0.2, 0.25) is 0 Å². The number of ether oxygens (including phenoxy) is 4. The zero-order chi connectivity index (χ0) is 50.5. The molecule has 6 rings (SSSR count). The Morgan fingerprint density at radius 2 is 0.529 bits per heavy atom. The standard InChI is InChI=1S/C52H94N12O4/c1-45(2)27-35(28-46(3,4)61(45)17)65-41-55-39(56-42(59-41)66-36-29-47(5,6)62(18)48(7,8)30-36)53-25-23-21-22-24-26-54-40-57-43(67-37-31-49(9,10)63(19)50(11,12)32-37)60-44(58-40)68-38-33-51(13,14)64(20)52(15,16)34-38/h35-38H,21-34H2,1-20H3,(H,53,55,56,59)(H,54,57,58,60). The van der Waals surface area contributed by atoms with Gasteiger partial charge in [0.2, 0.25) is 11.9 Å². The fourth-order valence-electron chi connectivity index (χ4n) is 12.1. The predicted molar refractivity (Wildman–Crippen MR) is 273 cm³/mol. The summed E-state index contributed by atoms with van der Waals surface area (Å²) in [6.07, 6.45) is 10.7. The molecule has 4 aliphatic heterocycles. The molecule has 0 atom stereocenters. The summed E-state index contributed by atoms with van der Waals surface area (Å²) in [4.78, 5) is 38.6. The third-order valence-electron chi connectivity index (χ3n) is 17.0. The number of hydrogen-bond donors (Lipinski definition) is 2. The largest absolute Gasteiger partial charge is 0.460 e. The van der Waals surface area contributed by atoms with E-state index < -0.39 is 0 Å². The van der Waals surface area contributed by atoms with Crippen LogP contribution < -0.4 is 29.6 Å². The van der Waals surface area contributed by atoms with Crippen molar-refractivity contribution in [3.05, 3.63) is 0 Å². The quantitative estimate of drug-likeness (QED) is 0.145. The van der Waals surface area contributed by atoms with Crippen LogP contribution in [-0.4, -0.2) is 160 Å². The summed E-state index contributed by atoms with van der Waals surface area (Å²) in [5.74, 6) is 0.963. The van der Waals surface area contributed by atoms with Crippen LogP contribution in [0.5, 0.6) is 24.0 Å². The lowest BCUT2D eigenvalue weighted by Gasteiger charge is -2.53.